The molecule has 174 valence electrons. The number of benzene rings is 1. The molecule has 1 atom stereocenters. The summed E-state index contributed by atoms with van der Waals surface area (Å²) in [6.45, 7) is 8.43. The molecule has 1 aliphatic rings. The second-order valence-corrected chi connectivity index (χ2v) is 10.1. The standard InChI is InChI=1S/C21H34N4O5S/c1-5-30-21(27)23-18(13-16(2)3)15-22-20(26)17-7-6-8-19(14-17)31(28,29)25-11-9-24(4)10-12-25/h6-8,14,16,18H,5,9-13,15H2,1-4H3,(H,22,26)(H,23,27). The summed E-state index contributed by atoms with van der Waals surface area (Å²) in [5.41, 5.74) is 0.259. The maximum atomic E-state index is 13.0. The number of alkyl carbamates (subject to hydrolysis) is 1. The number of nitrogens with one attached hydrogen (secondary N) is 2. The van der Waals surface area contributed by atoms with Crippen LogP contribution in [0.5, 0.6) is 0 Å². The molecular weight excluding hydrogens is 420 g/mol. The van der Waals surface area contributed by atoms with E-state index >= 15 is 0 Å². The van der Waals surface area contributed by atoms with E-state index in [2.05, 4.69) is 15.5 Å². The van der Waals surface area contributed by atoms with Crippen LogP contribution in [0.3, 0.4) is 0 Å². The van der Waals surface area contributed by atoms with E-state index in [-0.39, 0.29) is 29.7 Å². The van der Waals surface area contributed by atoms with E-state index in [9.17, 15) is 18.0 Å². The van der Waals surface area contributed by atoms with Crippen molar-refractivity contribution in [2.75, 3.05) is 46.4 Å². The Morgan fingerprint density at radius 2 is 1.84 bits per heavy atom. The molecule has 1 saturated heterocycles. The molecule has 10 heteroatoms. The van der Waals surface area contributed by atoms with Crippen LogP contribution >= 0.6 is 0 Å². The number of carbonyl (C=O) groups is 2. The average molecular weight is 455 g/mol. The maximum Gasteiger partial charge on any atom is 0.407 e. The lowest BCUT2D eigenvalue weighted by Gasteiger charge is -2.31. The molecule has 1 unspecified atom stereocenters. The van der Waals surface area contributed by atoms with Crippen LogP contribution in [0, 0.1) is 5.92 Å². The first kappa shape index (κ1) is 25.1. The predicted octanol–water partition coefficient (Wildman–Crippen LogP) is 1.51. The van der Waals surface area contributed by atoms with E-state index in [0.29, 0.717) is 38.5 Å². The second-order valence-electron chi connectivity index (χ2n) is 8.14. The fourth-order valence-corrected chi connectivity index (χ4v) is 4.86. The van der Waals surface area contributed by atoms with E-state index in [1.54, 1.807) is 19.1 Å². The van der Waals surface area contributed by atoms with Crippen molar-refractivity contribution >= 4 is 22.0 Å². The Morgan fingerprint density at radius 3 is 2.45 bits per heavy atom. The van der Waals surface area contributed by atoms with Gasteiger partial charge in [-0.15, -0.1) is 0 Å². The third-order valence-electron chi connectivity index (χ3n) is 5.06. The van der Waals surface area contributed by atoms with Crippen LogP contribution in [0.25, 0.3) is 0 Å². The van der Waals surface area contributed by atoms with Gasteiger partial charge in [0.1, 0.15) is 0 Å². The third kappa shape index (κ3) is 7.48. The summed E-state index contributed by atoms with van der Waals surface area (Å²) in [7, 11) is -1.70. The van der Waals surface area contributed by atoms with Gasteiger partial charge in [-0.2, -0.15) is 4.31 Å². The number of ether oxygens (including phenoxy) is 1. The Balaban J connectivity index is 2.05. The highest BCUT2D eigenvalue weighted by Crippen LogP contribution is 2.18. The molecule has 0 spiro atoms. The Kier molecular flexibility index (Phi) is 9.27. The first-order valence-electron chi connectivity index (χ1n) is 10.6. The molecule has 31 heavy (non-hydrogen) atoms. The van der Waals surface area contributed by atoms with Crippen LogP contribution in [0.2, 0.25) is 0 Å². The van der Waals surface area contributed by atoms with Crippen molar-refractivity contribution in [1.82, 2.24) is 19.8 Å². The van der Waals surface area contributed by atoms with Gasteiger partial charge in [0.15, 0.2) is 0 Å². The molecule has 0 bridgehead atoms. The van der Waals surface area contributed by atoms with Gasteiger partial charge in [0, 0.05) is 44.3 Å². The highest BCUT2D eigenvalue weighted by molar-refractivity contribution is 7.89. The zero-order chi connectivity index (χ0) is 23.0. The minimum Gasteiger partial charge on any atom is -0.450 e. The summed E-state index contributed by atoms with van der Waals surface area (Å²) in [6.07, 6.45) is 0.138. The number of piperazine rings is 1. The molecule has 0 saturated carbocycles. The molecule has 9 nitrogen and oxygen atoms in total. The van der Waals surface area contributed by atoms with Crippen molar-refractivity contribution in [3.8, 4) is 0 Å². The van der Waals surface area contributed by atoms with Crippen molar-refractivity contribution in [2.45, 2.75) is 38.1 Å². The van der Waals surface area contributed by atoms with E-state index < -0.39 is 22.0 Å². The minimum atomic E-state index is -3.66. The number of hydrogen-bond donors (Lipinski definition) is 2. The smallest absolute Gasteiger partial charge is 0.407 e. The van der Waals surface area contributed by atoms with Crippen LogP contribution in [0.4, 0.5) is 4.79 Å². The zero-order valence-electron chi connectivity index (χ0n) is 18.8. The lowest BCUT2D eigenvalue weighted by molar-refractivity contribution is 0.0944. The van der Waals surface area contributed by atoms with Crippen molar-refractivity contribution in [2.24, 2.45) is 5.92 Å². The quantitative estimate of drug-likeness (QED) is 0.586. The SMILES string of the molecule is CCOC(=O)NC(CNC(=O)c1cccc(S(=O)(=O)N2CCN(C)CC2)c1)CC(C)C. The number of sulfonamides is 1. The first-order valence-corrected chi connectivity index (χ1v) is 12.1. The van der Waals surface area contributed by atoms with Crippen LogP contribution < -0.4 is 10.6 Å². The molecule has 0 aromatic heterocycles. The molecule has 2 rings (SSSR count). The van der Waals surface area contributed by atoms with Gasteiger partial charge in [0.2, 0.25) is 10.0 Å². The molecular formula is C21H34N4O5S. The molecule has 2 amide bonds. The minimum absolute atomic E-state index is 0.105. The van der Waals surface area contributed by atoms with E-state index in [1.807, 2.05) is 20.9 Å². The van der Waals surface area contributed by atoms with E-state index in [4.69, 9.17) is 4.74 Å². The molecule has 1 fully saturated rings. The summed E-state index contributed by atoms with van der Waals surface area (Å²) in [5, 5.41) is 5.55. The summed E-state index contributed by atoms with van der Waals surface area (Å²) in [5.74, 6) is -0.0873. The number of amides is 2. The Morgan fingerprint density at radius 1 is 1.16 bits per heavy atom. The molecule has 0 aliphatic carbocycles. The number of hydrogen-bond acceptors (Lipinski definition) is 6. The van der Waals surface area contributed by atoms with E-state index in [1.165, 1.54) is 16.4 Å². The summed E-state index contributed by atoms with van der Waals surface area (Å²) in [6, 6.07) is 5.77. The molecule has 0 radical (unpaired) electrons. The largest absolute Gasteiger partial charge is 0.450 e. The van der Waals surface area contributed by atoms with Crippen molar-refractivity contribution in [3.63, 3.8) is 0 Å². The van der Waals surface area contributed by atoms with E-state index in [0.717, 1.165) is 0 Å². The number of nitrogens with zero attached hydrogens (tertiary/aromatic N) is 2. The molecule has 2 N–H and O–H groups in total. The van der Waals surface area contributed by atoms with Crippen LogP contribution in [-0.4, -0.2) is 82.0 Å². The van der Waals surface area contributed by atoms with Gasteiger partial charge < -0.3 is 20.3 Å². The first-order chi connectivity index (χ1) is 14.6. The summed E-state index contributed by atoms with van der Waals surface area (Å²) in [4.78, 5) is 26.6. The van der Waals surface area contributed by atoms with Gasteiger partial charge in [-0.05, 0) is 44.5 Å². The zero-order valence-corrected chi connectivity index (χ0v) is 19.6. The fraction of sp³-hybridized carbons (Fsp3) is 0.619. The molecule has 1 aromatic rings. The lowest BCUT2D eigenvalue weighted by atomic mass is 10.0. The van der Waals surface area contributed by atoms with Gasteiger partial charge in [0.25, 0.3) is 5.91 Å². The maximum absolute atomic E-state index is 13.0. The Bertz CT molecular complexity index is 851. The number of likely N-dealkylation sites (N-methyl/N-ethyl adjacent to an activating group) is 1. The normalized spacial score (nSPS) is 16.7. The van der Waals surface area contributed by atoms with Gasteiger partial charge >= 0.3 is 6.09 Å². The average Bonchev–Trinajstić information content (AvgIpc) is 2.72. The van der Waals surface area contributed by atoms with Crippen molar-refractivity contribution in [3.05, 3.63) is 29.8 Å². The third-order valence-corrected chi connectivity index (χ3v) is 6.95. The van der Waals surface area contributed by atoms with Crippen molar-refractivity contribution in [1.29, 1.82) is 0 Å². The van der Waals surface area contributed by atoms with Crippen LogP contribution in [0.15, 0.2) is 29.2 Å². The van der Waals surface area contributed by atoms with Gasteiger partial charge in [0.05, 0.1) is 11.5 Å². The predicted molar refractivity (Wildman–Crippen MR) is 118 cm³/mol. The van der Waals surface area contributed by atoms with Gasteiger partial charge in [-0.3, -0.25) is 4.79 Å². The topological polar surface area (TPSA) is 108 Å². The van der Waals surface area contributed by atoms with Crippen molar-refractivity contribution < 1.29 is 22.7 Å². The summed E-state index contributed by atoms with van der Waals surface area (Å²) >= 11 is 0. The molecule has 1 aromatic carbocycles. The summed E-state index contributed by atoms with van der Waals surface area (Å²) < 4.78 is 32.3. The van der Waals surface area contributed by atoms with Crippen LogP contribution in [0.1, 0.15) is 37.6 Å². The van der Waals surface area contributed by atoms with Gasteiger partial charge in [-0.25, -0.2) is 13.2 Å². The highest BCUT2D eigenvalue weighted by atomic mass is 32.2. The monoisotopic (exact) mass is 454 g/mol. The van der Waals surface area contributed by atoms with Gasteiger partial charge in [-0.1, -0.05) is 19.9 Å². The fourth-order valence-electron chi connectivity index (χ4n) is 3.40. The Hall–Kier alpha value is -2.17. The Labute approximate surface area is 185 Å². The lowest BCUT2D eigenvalue weighted by Crippen LogP contribution is -2.47. The number of carbonyl (C=O) groups excluding carboxylic acids is 2. The molecule has 1 heterocycles. The number of rotatable bonds is 9. The molecule has 1 aliphatic heterocycles. The highest BCUT2D eigenvalue weighted by Gasteiger charge is 2.28. The van der Waals surface area contributed by atoms with Crippen LogP contribution in [-0.2, 0) is 14.8 Å². The second kappa shape index (κ2) is 11.4.